The zero-order valence-electron chi connectivity index (χ0n) is 11.3. The molecule has 1 aliphatic carbocycles. The molecule has 5 heteroatoms. The fraction of sp³-hybridized carbons (Fsp3) is 0.500. The van der Waals surface area contributed by atoms with Crippen molar-refractivity contribution in [2.45, 2.75) is 38.5 Å². The van der Waals surface area contributed by atoms with Crippen molar-refractivity contribution in [1.82, 2.24) is 4.83 Å². The number of rotatable bonds is 4. The van der Waals surface area contributed by atoms with Crippen molar-refractivity contribution in [3.8, 4) is 5.75 Å². The average molecular weight is 390 g/mol. The zero-order valence-corrected chi connectivity index (χ0v) is 14.3. The van der Waals surface area contributed by atoms with Gasteiger partial charge in [0.2, 0.25) is 0 Å². The van der Waals surface area contributed by atoms with Gasteiger partial charge in [-0.25, -0.2) is 4.83 Å². The van der Waals surface area contributed by atoms with E-state index in [2.05, 4.69) is 56.3 Å². The van der Waals surface area contributed by atoms with Crippen LogP contribution in [0.15, 0.2) is 23.3 Å². The maximum atomic E-state index is 5.32. The van der Waals surface area contributed by atoms with Gasteiger partial charge in [-0.1, -0.05) is 12.1 Å². The first-order valence-electron chi connectivity index (χ1n) is 6.47. The second kappa shape index (κ2) is 7.38. The first kappa shape index (κ1) is 15.0. The molecule has 0 atom stereocenters. The molecule has 3 nitrogen and oxygen atoms in total. The Hall–Kier alpha value is -0.430. The molecular weight excluding hydrogens is 371 g/mol. The standard InChI is InChI=1S/C14H19IN2OS/c1-10-9-12(5-8-14(10)18-2)11-3-6-13(7-4-11)16-17-19-15/h5,8-9,11,17H,3-4,6-7H2,1-2H3. The summed E-state index contributed by atoms with van der Waals surface area (Å²) in [6.07, 6.45) is 4.58. The predicted molar refractivity (Wildman–Crippen MR) is 91.1 cm³/mol. The van der Waals surface area contributed by atoms with E-state index >= 15 is 0 Å². The molecule has 2 rings (SSSR count). The highest BCUT2D eigenvalue weighted by Crippen LogP contribution is 2.33. The topological polar surface area (TPSA) is 33.6 Å². The molecule has 1 aromatic rings. The van der Waals surface area contributed by atoms with E-state index in [4.69, 9.17) is 4.74 Å². The number of halogens is 1. The predicted octanol–water partition coefficient (Wildman–Crippen LogP) is 4.61. The Morgan fingerprint density at radius 1 is 1.37 bits per heavy atom. The normalized spacial score (nSPS) is 19.1. The van der Waals surface area contributed by atoms with Crippen molar-refractivity contribution in [3.05, 3.63) is 29.3 Å². The summed E-state index contributed by atoms with van der Waals surface area (Å²) in [7, 11) is 3.24. The minimum Gasteiger partial charge on any atom is -0.496 e. The Labute approximate surface area is 131 Å². The molecule has 0 spiro atoms. The lowest BCUT2D eigenvalue weighted by Gasteiger charge is -2.24. The molecule has 104 valence electrons. The number of aryl methyl sites for hydroxylation is 1. The van der Waals surface area contributed by atoms with Gasteiger partial charge in [-0.05, 0) is 55.7 Å². The zero-order chi connectivity index (χ0) is 13.7. The van der Waals surface area contributed by atoms with E-state index in [1.165, 1.54) is 38.8 Å². The van der Waals surface area contributed by atoms with Crippen LogP contribution in [0, 0.1) is 6.92 Å². The van der Waals surface area contributed by atoms with Gasteiger partial charge in [0, 0.05) is 36.0 Å². The fourth-order valence-corrected chi connectivity index (χ4v) is 3.09. The lowest BCUT2D eigenvalue weighted by molar-refractivity contribution is 0.411. The number of hydrogen-bond acceptors (Lipinski definition) is 4. The van der Waals surface area contributed by atoms with Crippen molar-refractivity contribution < 1.29 is 4.74 Å². The fourth-order valence-electron chi connectivity index (χ4n) is 2.63. The van der Waals surface area contributed by atoms with Crippen LogP contribution in [-0.4, -0.2) is 12.8 Å². The number of nitrogens with zero attached hydrogens (tertiary/aromatic N) is 1. The number of hydrazone groups is 1. The number of methoxy groups -OCH3 is 1. The summed E-state index contributed by atoms with van der Waals surface area (Å²) >= 11 is 2.19. The third-order valence-electron chi connectivity index (χ3n) is 3.69. The second-order valence-corrected chi connectivity index (χ2v) is 6.51. The molecule has 1 saturated carbocycles. The SMILES string of the molecule is COc1ccc(C2CCC(=NNSI)CC2)cc1C. The van der Waals surface area contributed by atoms with Crippen LogP contribution in [0.2, 0.25) is 0 Å². The van der Waals surface area contributed by atoms with E-state index in [0.29, 0.717) is 5.92 Å². The molecule has 0 bridgehead atoms. The molecule has 19 heavy (non-hydrogen) atoms. The Bertz CT molecular complexity index is 455. The maximum Gasteiger partial charge on any atom is 0.121 e. The summed E-state index contributed by atoms with van der Waals surface area (Å²) in [5.41, 5.74) is 3.96. The number of hydrogen-bond donors (Lipinski definition) is 1. The molecule has 0 aliphatic heterocycles. The Morgan fingerprint density at radius 2 is 2.11 bits per heavy atom. The summed E-state index contributed by atoms with van der Waals surface area (Å²) < 4.78 is 5.32. The van der Waals surface area contributed by atoms with Crippen molar-refractivity contribution in [3.63, 3.8) is 0 Å². The number of nitrogens with one attached hydrogen (secondary N) is 1. The van der Waals surface area contributed by atoms with Crippen LogP contribution in [0.1, 0.15) is 42.7 Å². The molecule has 1 N–H and O–H groups in total. The molecular formula is C14H19IN2OS. The largest absolute Gasteiger partial charge is 0.496 e. The van der Waals surface area contributed by atoms with Gasteiger partial charge in [-0.2, -0.15) is 5.10 Å². The molecule has 0 amide bonds. The molecule has 0 saturated heterocycles. The number of benzene rings is 1. The van der Waals surface area contributed by atoms with Crippen LogP contribution in [0.4, 0.5) is 0 Å². The monoisotopic (exact) mass is 390 g/mol. The van der Waals surface area contributed by atoms with Gasteiger partial charge in [0.1, 0.15) is 5.75 Å². The molecule has 0 aromatic heterocycles. The van der Waals surface area contributed by atoms with Gasteiger partial charge in [0.15, 0.2) is 0 Å². The Morgan fingerprint density at radius 3 is 2.68 bits per heavy atom. The highest BCUT2D eigenvalue weighted by atomic mass is 127. The summed E-state index contributed by atoms with van der Waals surface area (Å²) in [6.45, 7) is 2.11. The van der Waals surface area contributed by atoms with Gasteiger partial charge in [0.05, 0.1) is 7.11 Å². The summed E-state index contributed by atoms with van der Waals surface area (Å²) in [5, 5.41) is 4.38. The molecule has 0 radical (unpaired) electrons. The number of ether oxygens (including phenoxy) is 1. The minimum atomic E-state index is 0.663. The quantitative estimate of drug-likeness (QED) is 0.463. The van der Waals surface area contributed by atoms with Crippen LogP contribution >= 0.6 is 30.3 Å². The van der Waals surface area contributed by atoms with Crippen molar-refractivity contribution in [2.24, 2.45) is 5.10 Å². The van der Waals surface area contributed by atoms with Gasteiger partial charge >= 0.3 is 0 Å². The smallest absolute Gasteiger partial charge is 0.121 e. The van der Waals surface area contributed by atoms with E-state index in [0.717, 1.165) is 18.6 Å². The molecule has 0 heterocycles. The third kappa shape index (κ3) is 4.02. The van der Waals surface area contributed by atoms with Crippen LogP contribution in [-0.2, 0) is 0 Å². The van der Waals surface area contributed by atoms with E-state index in [-0.39, 0.29) is 0 Å². The summed E-state index contributed by atoms with van der Waals surface area (Å²) in [4.78, 5) is 2.97. The van der Waals surface area contributed by atoms with Crippen molar-refractivity contribution >= 4 is 36.0 Å². The van der Waals surface area contributed by atoms with Crippen LogP contribution < -0.4 is 9.57 Å². The Kier molecular flexibility index (Phi) is 5.81. The average Bonchev–Trinajstić information content (AvgIpc) is 2.45. The van der Waals surface area contributed by atoms with E-state index in [1.54, 1.807) is 7.11 Å². The first-order valence-corrected chi connectivity index (χ1v) is 9.83. The van der Waals surface area contributed by atoms with Crippen molar-refractivity contribution in [2.75, 3.05) is 7.11 Å². The molecule has 1 aromatic carbocycles. The van der Waals surface area contributed by atoms with Crippen molar-refractivity contribution in [1.29, 1.82) is 0 Å². The second-order valence-electron chi connectivity index (χ2n) is 4.85. The maximum absolute atomic E-state index is 5.32. The van der Waals surface area contributed by atoms with Gasteiger partial charge in [-0.15, -0.1) is 0 Å². The molecule has 1 aliphatic rings. The highest BCUT2D eigenvalue weighted by molar-refractivity contribution is 14.2. The van der Waals surface area contributed by atoms with Gasteiger partial charge in [0.25, 0.3) is 0 Å². The Balaban J connectivity index is 1.99. The highest BCUT2D eigenvalue weighted by Gasteiger charge is 2.19. The minimum absolute atomic E-state index is 0.663. The van der Waals surface area contributed by atoms with E-state index < -0.39 is 0 Å². The van der Waals surface area contributed by atoms with E-state index in [1.807, 2.05) is 0 Å². The molecule has 1 fully saturated rings. The lowest BCUT2D eigenvalue weighted by Crippen LogP contribution is -2.14. The summed E-state index contributed by atoms with van der Waals surface area (Å²) in [5.74, 6) is 1.64. The van der Waals surface area contributed by atoms with Crippen LogP contribution in [0.5, 0.6) is 5.75 Å². The van der Waals surface area contributed by atoms with E-state index in [9.17, 15) is 0 Å². The first-order chi connectivity index (χ1) is 9.24. The lowest BCUT2D eigenvalue weighted by atomic mass is 9.82. The van der Waals surface area contributed by atoms with Gasteiger partial charge in [-0.3, -0.25) is 0 Å². The third-order valence-corrected chi connectivity index (χ3v) is 4.44. The van der Waals surface area contributed by atoms with Gasteiger partial charge < -0.3 is 4.74 Å². The van der Waals surface area contributed by atoms with Crippen LogP contribution in [0.25, 0.3) is 0 Å². The van der Waals surface area contributed by atoms with Crippen LogP contribution in [0.3, 0.4) is 0 Å². The molecule has 0 unspecified atom stereocenters. The summed E-state index contributed by atoms with van der Waals surface area (Å²) in [6, 6.07) is 6.56.